The minimum atomic E-state index is -3.31. The topological polar surface area (TPSA) is 85.8 Å². The van der Waals surface area contributed by atoms with Gasteiger partial charge in [0.05, 0.1) is 6.54 Å². The van der Waals surface area contributed by atoms with Gasteiger partial charge in [0, 0.05) is 36.7 Å². The van der Waals surface area contributed by atoms with E-state index < -0.39 is 9.84 Å². The fourth-order valence-corrected chi connectivity index (χ4v) is 3.01. The van der Waals surface area contributed by atoms with Gasteiger partial charge in [-0.1, -0.05) is 6.07 Å². The first-order valence-corrected chi connectivity index (χ1v) is 8.83. The minimum Gasteiger partial charge on any atom is -0.492 e. The summed E-state index contributed by atoms with van der Waals surface area (Å²) in [5.41, 5.74) is 7.50. The van der Waals surface area contributed by atoms with Gasteiger partial charge in [0.15, 0.2) is 0 Å². The molecular formula is C15H18N2O4S. The van der Waals surface area contributed by atoms with Crippen molar-refractivity contribution in [1.29, 1.82) is 0 Å². The SMILES string of the molecule is CS(=O)(=O)c1ccc(CN2CCOc3cc(N)ccc3C2)o1. The van der Waals surface area contributed by atoms with E-state index in [4.69, 9.17) is 14.9 Å². The molecule has 1 aromatic heterocycles. The summed E-state index contributed by atoms with van der Waals surface area (Å²) in [4.78, 5) is 2.15. The molecule has 2 heterocycles. The lowest BCUT2D eigenvalue weighted by molar-refractivity contribution is 0.202. The largest absolute Gasteiger partial charge is 0.492 e. The van der Waals surface area contributed by atoms with Crippen LogP contribution < -0.4 is 10.5 Å². The van der Waals surface area contributed by atoms with E-state index in [1.165, 1.54) is 6.07 Å². The smallest absolute Gasteiger partial charge is 0.217 e. The molecule has 0 saturated heterocycles. The number of fused-ring (bicyclic) bond motifs is 1. The number of hydrogen-bond donors (Lipinski definition) is 1. The molecule has 118 valence electrons. The van der Waals surface area contributed by atoms with Crippen LogP contribution in [0.2, 0.25) is 0 Å². The molecule has 0 unspecified atom stereocenters. The number of sulfone groups is 1. The van der Waals surface area contributed by atoms with Crippen molar-refractivity contribution >= 4 is 15.5 Å². The van der Waals surface area contributed by atoms with Gasteiger partial charge in [-0.3, -0.25) is 4.90 Å². The van der Waals surface area contributed by atoms with Crippen molar-refractivity contribution in [2.24, 2.45) is 0 Å². The number of anilines is 1. The summed E-state index contributed by atoms with van der Waals surface area (Å²) in [6, 6.07) is 8.82. The molecule has 7 heteroatoms. The summed E-state index contributed by atoms with van der Waals surface area (Å²) >= 11 is 0. The summed E-state index contributed by atoms with van der Waals surface area (Å²) in [6.07, 6.45) is 1.13. The van der Waals surface area contributed by atoms with E-state index in [1.54, 1.807) is 6.07 Å². The van der Waals surface area contributed by atoms with Crippen LogP contribution in [-0.2, 0) is 22.9 Å². The second-order valence-corrected chi connectivity index (χ2v) is 7.37. The van der Waals surface area contributed by atoms with Crippen LogP contribution in [0, 0.1) is 0 Å². The molecule has 0 fully saturated rings. The maximum atomic E-state index is 11.4. The Morgan fingerprint density at radius 3 is 2.82 bits per heavy atom. The number of hydrogen-bond acceptors (Lipinski definition) is 6. The van der Waals surface area contributed by atoms with Gasteiger partial charge >= 0.3 is 0 Å². The summed E-state index contributed by atoms with van der Waals surface area (Å²) in [6.45, 7) is 2.51. The fourth-order valence-electron chi connectivity index (χ4n) is 2.44. The maximum absolute atomic E-state index is 11.4. The molecule has 2 N–H and O–H groups in total. The van der Waals surface area contributed by atoms with Crippen molar-refractivity contribution < 1.29 is 17.6 Å². The van der Waals surface area contributed by atoms with E-state index in [0.717, 1.165) is 24.1 Å². The quantitative estimate of drug-likeness (QED) is 0.865. The first-order chi connectivity index (χ1) is 10.4. The Morgan fingerprint density at radius 2 is 2.09 bits per heavy atom. The van der Waals surface area contributed by atoms with E-state index in [1.807, 2.05) is 18.2 Å². The third kappa shape index (κ3) is 3.26. The molecule has 3 rings (SSSR count). The molecule has 2 aromatic rings. The Morgan fingerprint density at radius 1 is 1.27 bits per heavy atom. The van der Waals surface area contributed by atoms with Crippen molar-refractivity contribution in [3.05, 3.63) is 41.7 Å². The first kappa shape index (κ1) is 14.9. The highest BCUT2D eigenvalue weighted by atomic mass is 32.2. The Kier molecular flexibility index (Phi) is 3.84. The van der Waals surface area contributed by atoms with Crippen LogP contribution in [-0.4, -0.2) is 32.7 Å². The average molecular weight is 322 g/mol. The second-order valence-electron chi connectivity index (χ2n) is 5.42. The summed E-state index contributed by atoms with van der Waals surface area (Å²) in [5.74, 6) is 1.43. The van der Waals surface area contributed by atoms with Crippen molar-refractivity contribution in [2.45, 2.75) is 18.2 Å². The third-order valence-electron chi connectivity index (χ3n) is 3.53. The molecule has 0 bridgehead atoms. The number of nitrogen functional groups attached to an aromatic ring is 1. The van der Waals surface area contributed by atoms with E-state index in [2.05, 4.69) is 4.90 Å². The van der Waals surface area contributed by atoms with Crippen LogP contribution in [0.15, 0.2) is 39.8 Å². The monoisotopic (exact) mass is 322 g/mol. The van der Waals surface area contributed by atoms with Crippen LogP contribution >= 0.6 is 0 Å². The van der Waals surface area contributed by atoms with Gasteiger partial charge in [0.2, 0.25) is 14.9 Å². The Hall–Kier alpha value is -1.99. The summed E-state index contributed by atoms with van der Waals surface area (Å²) < 4.78 is 34.0. The van der Waals surface area contributed by atoms with Crippen molar-refractivity contribution in [3.8, 4) is 5.75 Å². The Bertz CT molecular complexity index is 783. The Balaban J connectivity index is 1.76. The molecule has 0 aliphatic carbocycles. The van der Waals surface area contributed by atoms with Crippen LogP contribution in [0.5, 0.6) is 5.75 Å². The predicted octanol–water partition coefficient (Wildman–Crippen LogP) is 1.66. The zero-order valence-electron chi connectivity index (χ0n) is 12.3. The van der Waals surface area contributed by atoms with E-state index in [9.17, 15) is 8.42 Å². The number of rotatable bonds is 3. The number of ether oxygens (including phenoxy) is 1. The lowest BCUT2D eigenvalue weighted by Gasteiger charge is -2.17. The molecule has 22 heavy (non-hydrogen) atoms. The van der Waals surface area contributed by atoms with E-state index in [0.29, 0.717) is 31.1 Å². The number of nitrogens with two attached hydrogens (primary N) is 1. The third-order valence-corrected chi connectivity index (χ3v) is 4.48. The normalized spacial score (nSPS) is 15.9. The van der Waals surface area contributed by atoms with Crippen molar-refractivity contribution in [1.82, 2.24) is 4.90 Å². The van der Waals surface area contributed by atoms with Gasteiger partial charge in [0.25, 0.3) is 0 Å². The fraction of sp³-hybridized carbons (Fsp3) is 0.333. The second kappa shape index (κ2) is 5.66. The molecule has 0 spiro atoms. The van der Waals surface area contributed by atoms with Crippen molar-refractivity contribution in [2.75, 3.05) is 25.1 Å². The predicted molar refractivity (Wildman–Crippen MR) is 82.3 cm³/mol. The van der Waals surface area contributed by atoms with Crippen molar-refractivity contribution in [3.63, 3.8) is 0 Å². The number of nitrogens with zero attached hydrogens (tertiary/aromatic N) is 1. The van der Waals surface area contributed by atoms with Gasteiger partial charge in [-0.2, -0.15) is 0 Å². The molecule has 6 nitrogen and oxygen atoms in total. The lowest BCUT2D eigenvalue weighted by Crippen LogP contribution is -2.25. The average Bonchev–Trinajstić information content (AvgIpc) is 2.81. The molecule has 1 aliphatic rings. The van der Waals surface area contributed by atoms with Gasteiger partial charge in [-0.25, -0.2) is 8.42 Å². The number of furan rings is 1. The standard InChI is InChI=1S/C15H18N2O4S/c1-22(18,19)15-5-4-13(21-15)10-17-6-7-20-14-8-12(16)3-2-11(14)9-17/h2-5,8H,6-7,9-10,16H2,1H3. The van der Waals surface area contributed by atoms with Crippen LogP contribution in [0.25, 0.3) is 0 Å². The molecular weight excluding hydrogens is 304 g/mol. The first-order valence-electron chi connectivity index (χ1n) is 6.94. The highest BCUT2D eigenvalue weighted by molar-refractivity contribution is 7.90. The zero-order chi connectivity index (χ0) is 15.7. The van der Waals surface area contributed by atoms with E-state index in [-0.39, 0.29) is 5.09 Å². The van der Waals surface area contributed by atoms with Gasteiger partial charge in [-0.15, -0.1) is 0 Å². The molecule has 0 amide bonds. The molecule has 1 aromatic carbocycles. The molecule has 0 saturated carbocycles. The van der Waals surface area contributed by atoms with Gasteiger partial charge < -0.3 is 14.9 Å². The highest BCUT2D eigenvalue weighted by Crippen LogP contribution is 2.26. The zero-order valence-corrected chi connectivity index (χ0v) is 13.1. The number of benzene rings is 1. The van der Waals surface area contributed by atoms with Gasteiger partial charge in [0.1, 0.15) is 18.1 Å². The van der Waals surface area contributed by atoms with Crippen LogP contribution in [0.4, 0.5) is 5.69 Å². The lowest BCUT2D eigenvalue weighted by atomic mass is 10.1. The molecule has 0 radical (unpaired) electrons. The minimum absolute atomic E-state index is 0.00162. The van der Waals surface area contributed by atoms with Gasteiger partial charge in [-0.05, 0) is 18.2 Å². The van der Waals surface area contributed by atoms with Crippen LogP contribution in [0.3, 0.4) is 0 Å². The Labute approximate surface area is 129 Å². The molecule has 0 atom stereocenters. The maximum Gasteiger partial charge on any atom is 0.217 e. The van der Waals surface area contributed by atoms with Crippen LogP contribution in [0.1, 0.15) is 11.3 Å². The van der Waals surface area contributed by atoms with E-state index >= 15 is 0 Å². The molecule has 1 aliphatic heterocycles. The summed E-state index contributed by atoms with van der Waals surface area (Å²) in [5, 5.41) is 0.00162. The highest BCUT2D eigenvalue weighted by Gasteiger charge is 2.18. The summed E-state index contributed by atoms with van der Waals surface area (Å²) in [7, 11) is -3.31.